The Balaban J connectivity index is 2.48. The summed E-state index contributed by atoms with van der Waals surface area (Å²) in [6.07, 6.45) is -2.51. The average molecular weight is 250 g/mol. The minimum Gasteiger partial charge on any atom is -0.370 e. The van der Waals surface area contributed by atoms with Gasteiger partial charge in [-0.1, -0.05) is 17.7 Å². The van der Waals surface area contributed by atoms with Crippen LogP contribution in [-0.4, -0.2) is 13.1 Å². The summed E-state index contributed by atoms with van der Waals surface area (Å²) >= 11 is 5.87. The molecule has 1 aromatic carbocycles. The van der Waals surface area contributed by atoms with Crippen molar-refractivity contribution in [1.29, 1.82) is 0 Å². The molecular formula is C11H11ClF3N. The largest absolute Gasteiger partial charge is 0.418 e. The molecule has 0 saturated carbocycles. The number of benzene rings is 1. The van der Waals surface area contributed by atoms with Crippen LogP contribution in [0.15, 0.2) is 18.2 Å². The number of alkyl halides is 3. The zero-order valence-electron chi connectivity index (χ0n) is 8.52. The summed E-state index contributed by atoms with van der Waals surface area (Å²) in [6.45, 7) is 1.29. The molecule has 0 spiro atoms. The second-order valence-corrected chi connectivity index (χ2v) is 4.24. The molecule has 1 nitrogen and oxygen atoms in total. The van der Waals surface area contributed by atoms with Crippen molar-refractivity contribution in [2.45, 2.75) is 19.0 Å². The molecule has 1 heterocycles. The second-order valence-electron chi connectivity index (χ2n) is 3.83. The maximum absolute atomic E-state index is 12.8. The molecule has 0 aliphatic carbocycles. The van der Waals surface area contributed by atoms with Crippen LogP contribution in [0.4, 0.5) is 18.9 Å². The van der Waals surface area contributed by atoms with E-state index in [-0.39, 0.29) is 10.7 Å². The Bertz CT molecular complexity index is 383. The zero-order chi connectivity index (χ0) is 11.8. The van der Waals surface area contributed by atoms with Gasteiger partial charge in [-0.25, -0.2) is 0 Å². The van der Waals surface area contributed by atoms with Gasteiger partial charge in [-0.3, -0.25) is 0 Å². The van der Waals surface area contributed by atoms with E-state index in [2.05, 4.69) is 0 Å². The van der Waals surface area contributed by atoms with Gasteiger partial charge >= 0.3 is 6.18 Å². The predicted molar refractivity (Wildman–Crippen MR) is 57.9 cm³/mol. The molecule has 1 aliphatic rings. The lowest BCUT2D eigenvalue weighted by Gasteiger charge is -2.23. The Labute approximate surface area is 96.8 Å². The van der Waals surface area contributed by atoms with E-state index in [0.29, 0.717) is 13.1 Å². The van der Waals surface area contributed by atoms with Gasteiger partial charge in [0, 0.05) is 13.1 Å². The van der Waals surface area contributed by atoms with E-state index in [9.17, 15) is 13.2 Å². The minimum absolute atomic E-state index is 0.133. The van der Waals surface area contributed by atoms with Gasteiger partial charge in [0.05, 0.1) is 16.3 Å². The van der Waals surface area contributed by atoms with Crippen molar-refractivity contribution in [1.82, 2.24) is 0 Å². The van der Waals surface area contributed by atoms with E-state index in [1.165, 1.54) is 12.1 Å². The fourth-order valence-electron chi connectivity index (χ4n) is 2.01. The number of rotatable bonds is 1. The smallest absolute Gasteiger partial charge is 0.370 e. The number of anilines is 1. The van der Waals surface area contributed by atoms with Crippen LogP contribution in [0.1, 0.15) is 18.4 Å². The van der Waals surface area contributed by atoms with Gasteiger partial charge in [0.15, 0.2) is 0 Å². The first-order chi connectivity index (χ1) is 7.50. The van der Waals surface area contributed by atoms with Crippen molar-refractivity contribution in [2.75, 3.05) is 18.0 Å². The third-order valence-electron chi connectivity index (χ3n) is 2.71. The monoisotopic (exact) mass is 249 g/mol. The van der Waals surface area contributed by atoms with E-state index in [1.807, 2.05) is 0 Å². The van der Waals surface area contributed by atoms with E-state index >= 15 is 0 Å². The first-order valence-corrected chi connectivity index (χ1v) is 5.48. The molecule has 0 radical (unpaired) electrons. The lowest BCUT2D eigenvalue weighted by molar-refractivity contribution is -0.137. The Morgan fingerprint density at radius 1 is 1.12 bits per heavy atom. The predicted octanol–water partition coefficient (Wildman–Crippen LogP) is 3.96. The molecule has 1 saturated heterocycles. The normalized spacial score (nSPS) is 16.9. The van der Waals surface area contributed by atoms with Gasteiger partial charge in [-0.15, -0.1) is 0 Å². The first-order valence-electron chi connectivity index (χ1n) is 5.11. The van der Waals surface area contributed by atoms with Crippen molar-refractivity contribution in [3.63, 3.8) is 0 Å². The molecule has 0 aromatic heterocycles. The van der Waals surface area contributed by atoms with Crippen molar-refractivity contribution in [3.8, 4) is 0 Å². The summed E-state index contributed by atoms with van der Waals surface area (Å²) < 4.78 is 38.4. The van der Waals surface area contributed by atoms with E-state index < -0.39 is 11.7 Å². The fourth-order valence-corrected chi connectivity index (χ4v) is 2.30. The van der Waals surface area contributed by atoms with Crippen LogP contribution in [-0.2, 0) is 6.18 Å². The molecule has 0 N–H and O–H groups in total. The average Bonchev–Trinajstić information content (AvgIpc) is 2.68. The third-order valence-corrected chi connectivity index (χ3v) is 3.02. The second kappa shape index (κ2) is 4.17. The van der Waals surface area contributed by atoms with Crippen LogP contribution in [0, 0.1) is 0 Å². The number of hydrogen-bond acceptors (Lipinski definition) is 1. The highest BCUT2D eigenvalue weighted by Crippen LogP contribution is 2.41. The number of hydrogen-bond donors (Lipinski definition) is 0. The molecule has 1 aliphatic heterocycles. The first kappa shape index (κ1) is 11.6. The SMILES string of the molecule is FC(F)(F)c1cccc(Cl)c1N1CCCC1. The van der Waals surface area contributed by atoms with Crippen LogP contribution in [0.3, 0.4) is 0 Å². The Morgan fingerprint density at radius 2 is 1.75 bits per heavy atom. The molecule has 0 bridgehead atoms. The minimum atomic E-state index is -4.34. The lowest BCUT2D eigenvalue weighted by atomic mass is 10.1. The number of nitrogens with zero attached hydrogens (tertiary/aromatic N) is 1. The standard InChI is InChI=1S/C11H11ClF3N/c12-9-5-3-4-8(11(13,14)15)10(9)16-6-1-2-7-16/h3-5H,1-2,6-7H2. The molecule has 0 atom stereocenters. The quantitative estimate of drug-likeness (QED) is 0.728. The fraction of sp³-hybridized carbons (Fsp3) is 0.455. The van der Waals surface area contributed by atoms with Gasteiger partial charge in [-0.2, -0.15) is 13.2 Å². The molecule has 0 unspecified atom stereocenters. The maximum Gasteiger partial charge on any atom is 0.418 e. The molecule has 88 valence electrons. The van der Waals surface area contributed by atoms with Crippen molar-refractivity contribution in [3.05, 3.63) is 28.8 Å². The highest BCUT2D eigenvalue weighted by atomic mass is 35.5. The van der Waals surface area contributed by atoms with Crippen LogP contribution < -0.4 is 4.90 Å². The molecule has 16 heavy (non-hydrogen) atoms. The summed E-state index contributed by atoms with van der Waals surface area (Å²) in [6, 6.07) is 3.93. The van der Waals surface area contributed by atoms with Crippen LogP contribution >= 0.6 is 11.6 Å². The summed E-state index contributed by atoms with van der Waals surface area (Å²) in [5.74, 6) is 0. The molecule has 2 rings (SSSR count). The molecule has 5 heteroatoms. The molecule has 0 amide bonds. The van der Waals surface area contributed by atoms with Gasteiger partial charge in [0.2, 0.25) is 0 Å². The highest BCUT2D eigenvalue weighted by Gasteiger charge is 2.36. The van der Waals surface area contributed by atoms with Gasteiger partial charge < -0.3 is 4.90 Å². The molecule has 1 fully saturated rings. The Hall–Kier alpha value is -0.900. The van der Waals surface area contributed by atoms with E-state index in [4.69, 9.17) is 11.6 Å². The summed E-state index contributed by atoms with van der Waals surface area (Å²) in [5.41, 5.74) is -0.504. The number of para-hydroxylation sites is 1. The van der Waals surface area contributed by atoms with E-state index in [0.717, 1.165) is 18.9 Å². The third kappa shape index (κ3) is 2.12. The van der Waals surface area contributed by atoms with Crippen molar-refractivity contribution >= 4 is 17.3 Å². The van der Waals surface area contributed by atoms with Crippen molar-refractivity contribution < 1.29 is 13.2 Å². The van der Waals surface area contributed by atoms with Crippen LogP contribution in [0.5, 0.6) is 0 Å². The lowest BCUT2D eigenvalue weighted by Crippen LogP contribution is -2.22. The topological polar surface area (TPSA) is 3.24 Å². The van der Waals surface area contributed by atoms with Gasteiger partial charge in [-0.05, 0) is 25.0 Å². The van der Waals surface area contributed by atoms with E-state index in [1.54, 1.807) is 4.90 Å². The van der Waals surface area contributed by atoms with Crippen molar-refractivity contribution in [2.24, 2.45) is 0 Å². The highest BCUT2D eigenvalue weighted by molar-refractivity contribution is 6.33. The summed E-state index contributed by atoms with van der Waals surface area (Å²) in [7, 11) is 0. The van der Waals surface area contributed by atoms with Gasteiger partial charge in [0.25, 0.3) is 0 Å². The molecular weight excluding hydrogens is 239 g/mol. The number of halogens is 4. The maximum atomic E-state index is 12.8. The molecule has 1 aromatic rings. The Kier molecular flexibility index (Phi) is 3.02. The van der Waals surface area contributed by atoms with Crippen LogP contribution in [0.25, 0.3) is 0 Å². The summed E-state index contributed by atoms with van der Waals surface area (Å²) in [5, 5.41) is 0.178. The summed E-state index contributed by atoms with van der Waals surface area (Å²) in [4.78, 5) is 1.71. The zero-order valence-corrected chi connectivity index (χ0v) is 9.28. The van der Waals surface area contributed by atoms with Gasteiger partial charge in [0.1, 0.15) is 0 Å². The van der Waals surface area contributed by atoms with Crippen LogP contribution in [0.2, 0.25) is 5.02 Å². The Morgan fingerprint density at radius 3 is 2.31 bits per heavy atom.